The van der Waals surface area contributed by atoms with E-state index in [-0.39, 0.29) is 16.8 Å². The number of benzene rings is 1. The second kappa shape index (κ2) is 3.12. The maximum atomic E-state index is 11.9. The van der Waals surface area contributed by atoms with Crippen molar-refractivity contribution in [2.24, 2.45) is 5.41 Å². The number of rotatable bonds is 0. The monoisotopic (exact) mass is 242 g/mol. The van der Waals surface area contributed by atoms with Gasteiger partial charge in [0.15, 0.2) is 5.78 Å². The minimum absolute atomic E-state index is 0.0483. The van der Waals surface area contributed by atoms with Gasteiger partial charge in [-0.25, -0.2) is 0 Å². The summed E-state index contributed by atoms with van der Waals surface area (Å²) in [7, 11) is 0. The predicted molar refractivity (Wildman–Crippen MR) is 70.5 cm³/mol. The standard InChI is InChI=1S/C16H18O2/c1-14(2)15(3,4)18-16(14)10-9-13(17)11-7-5-6-8-12(11)16/h5-10H,1-4H3. The van der Waals surface area contributed by atoms with Gasteiger partial charge in [0.05, 0.1) is 5.60 Å². The Labute approximate surface area is 108 Å². The number of fused-ring (bicyclic) bond motifs is 2. The number of carbonyl (C=O) groups is 1. The number of ketones is 1. The molecule has 0 amide bonds. The fourth-order valence-corrected chi connectivity index (χ4v) is 3.09. The molecule has 94 valence electrons. The molecule has 2 aliphatic rings. The first-order chi connectivity index (χ1) is 8.32. The molecule has 0 radical (unpaired) electrons. The lowest BCUT2D eigenvalue weighted by atomic mass is 9.55. The van der Waals surface area contributed by atoms with E-state index in [9.17, 15) is 4.79 Å². The average molecular weight is 242 g/mol. The summed E-state index contributed by atoms with van der Waals surface area (Å²) >= 11 is 0. The molecule has 1 unspecified atom stereocenters. The van der Waals surface area contributed by atoms with Crippen LogP contribution in [0.4, 0.5) is 0 Å². The molecule has 2 nitrogen and oxygen atoms in total. The topological polar surface area (TPSA) is 26.3 Å². The Hall–Kier alpha value is -1.41. The lowest BCUT2D eigenvalue weighted by molar-refractivity contribution is -0.341. The zero-order valence-electron chi connectivity index (χ0n) is 11.3. The van der Waals surface area contributed by atoms with Crippen molar-refractivity contribution in [2.45, 2.75) is 38.9 Å². The summed E-state index contributed by atoms with van der Waals surface area (Å²) in [5, 5.41) is 0. The van der Waals surface area contributed by atoms with Gasteiger partial charge in [-0.1, -0.05) is 38.1 Å². The van der Waals surface area contributed by atoms with Crippen LogP contribution in [0.25, 0.3) is 0 Å². The minimum atomic E-state index is -0.457. The van der Waals surface area contributed by atoms with Crippen molar-refractivity contribution in [3.63, 3.8) is 0 Å². The zero-order valence-corrected chi connectivity index (χ0v) is 11.3. The van der Waals surface area contributed by atoms with Gasteiger partial charge in [-0.05, 0) is 31.6 Å². The van der Waals surface area contributed by atoms with Crippen LogP contribution >= 0.6 is 0 Å². The van der Waals surface area contributed by atoms with Gasteiger partial charge in [-0.2, -0.15) is 0 Å². The van der Waals surface area contributed by atoms with E-state index in [1.54, 1.807) is 6.08 Å². The fourth-order valence-electron chi connectivity index (χ4n) is 3.09. The number of hydrogen-bond donors (Lipinski definition) is 0. The third-order valence-corrected chi connectivity index (χ3v) is 4.91. The molecule has 1 aromatic rings. The predicted octanol–water partition coefficient (Wildman–Crippen LogP) is 3.47. The van der Waals surface area contributed by atoms with Crippen LogP contribution in [0, 0.1) is 5.41 Å². The van der Waals surface area contributed by atoms with Crippen LogP contribution in [0.15, 0.2) is 36.4 Å². The first-order valence-electron chi connectivity index (χ1n) is 6.35. The summed E-state index contributed by atoms with van der Waals surface area (Å²) in [5.74, 6) is 0.0698. The molecule has 1 aromatic carbocycles. The second-order valence-corrected chi connectivity index (χ2v) is 6.22. The molecule has 0 saturated carbocycles. The van der Waals surface area contributed by atoms with E-state index in [1.807, 2.05) is 30.3 Å². The summed E-state index contributed by atoms with van der Waals surface area (Å²) in [6.45, 7) is 8.61. The van der Waals surface area contributed by atoms with Gasteiger partial charge in [-0.3, -0.25) is 4.79 Å². The van der Waals surface area contributed by atoms with E-state index in [2.05, 4.69) is 27.7 Å². The Morgan fingerprint density at radius 2 is 1.72 bits per heavy atom. The minimum Gasteiger partial charge on any atom is -0.359 e. The Morgan fingerprint density at radius 3 is 2.33 bits per heavy atom. The van der Waals surface area contributed by atoms with E-state index >= 15 is 0 Å². The molecule has 1 aliphatic carbocycles. The van der Waals surface area contributed by atoms with E-state index in [4.69, 9.17) is 4.74 Å². The summed E-state index contributed by atoms with van der Waals surface area (Å²) in [5.41, 5.74) is 1.07. The highest BCUT2D eigenvalue weighted by Gasteiger charge is 2.67. The molecule has 0 bridgehead atoms. The van der Waals surface area contributed by atoms with Gasteiger partial charge in [0, 0.05) is 11.0 Å². The molecule has 1 fully saturated rings. The highest BCUT2D eigenvalue weighted by molar-refractivity contribution is 6.07. The molecule has 1 saturated heterocycles. The smallest absolute Gasteiger partial charge is 0.186 e. The van der Waals surface area contributed by atoms with Crippen molar-refractivity contribution >= 4 is 5.78 Å². The summed E-state index contributed by atoms with van der Waals surface area (Å²) in [4.78, 5) is 11.9. The van der Waals surface area contributed by atoms with Crippen LogP contribution < -0.4 is 0 Å². The Bertz CT molecular complexity index is 566. The number of allylic oxidation sites excluding steroid dienone is 1. The largest absolute Gasteiger partial charge is 0.359 e. The number of carbonyl (C=O) groups excluding carboxylic acids is 1. The van der Waals surface area contributed by atoms with Crippen LogP contribution in [0.3, 0.4) is 0 Å². The van der Waals surface area contributed by atoms with Gasteiger partial charge >= 0.3 is 0 Å². The third-order valence-electron chi connectivity index (χ3n) is 4.91. The van der Waals surface area contributed by atoms with Crippen molar-refractivity contribution in [2.75, 3.05) is 0 Å². The normalized spacial score (nSPS) is 31.0. The van der Waals surface area contributed by atoms with Crippen molar-refractivity contribution in [1.82, 2.24) is 0 Å². The van der Waals surface area contributed by atoms with Crippen LogP contribution in [-0.4, -0.2) is 11.4 Å². The summed E-state index contributed by atoms with van der Waals surface area (Å²) in [6, 6.07) is 7.76. The lowest BCUT2D eigenvalue weighted by Gasteiger charge is -2.66. The number of ether oxygens (including phenoxy) is 1. The SMILES string of the molecule is CC1(C)OC2(C=CC(=O)c3ccccc32)C1(C)C. The highest BCUT2D eigenvalue weighted by Crippen LogP contribution is 2.64. The van der Waals surface area contributed by atoms with Crippen molar-refractivity contribution < 1.29 is 9.53 Å². The third kappa shape index (κ3) is 1.10. The second-order valence-electron chi connectivity index (χ2n) is 6.22. The lowest BCUT2D eigenvalue weighted by Crippen LogP contribution is -2.69. The molecule has 3 rings (SSSR count). The van der Waals surface area contributed by atoms with Gasteiger partial charge in [0.25, 0.3) is 0 Å². The molecule has 1 heterocycles. The molecule has 0 N–H and O–H groups in total. The zero-order chi connectivity index (χ0) is 13.2. The number of hydrogen-bond acceptors (Lipinski definition) is 2. The summed E-state index contributed by atoms with van der Waals surface area (Å²) < 4.78 is 6.21. The average Bonchev–Trinajstić information content (AvgIpc) is 2.33. The first kappa shape index (κ1) is 11.7. The Kier molecular flexibility index (Phi) is 2.03. The molecule has 1 atom stereocenters. The van der Waals surface area contributed by atoms with Crippen molar-refractivity contribution in [3.05, 3.63) is 47.5 Å². The van der Waals surface area contributed by atoms with E-state index in [0.29, 0.717) is 0 Å². The van der Waals surface area contributed by atoms with E-state index < -0.39 is 5.60 Å². The fraction of sp³-hybridized carbons (Fsp3) is 0.438. The maximum absolute atomic E-state index is 11.9. The first-order valence-corrected chi connectivity index (χ1v) is 6.35. The van der Waals surface area contributed by atoms with Gasteiger partial charge in [-0.15, -0.1) is 0 Å². The van der Waals surface area contributed by atoms with Crippen LogP contribution in [0.2, 0.25) is 0 Å². The molecule has 18 heavy (non-hydrogen) atoms. The Balaban J connectivity index is 2.22. The molecule has 2 heteroatoms. The van der Waals surface area contributed by atoms with Gasteiger partial charge < -0.3 is 4.74 Å². The molecule has 0 aromatic heterocycles. The van der Waals surface area contributed by atoms with Gasteiger partial charge in [0.1, 0.15) is 5.60 Å². The Morgan fingerprint density at radius 1 is 1.06 bits per heavy atom. The molecular weight excluding hydrogens is 224 g/mol. The van der Waals surface area contributed by atoms with Gasteiger partial charge in [0.2, 0.25) is 0 Å². The quantitative estimate of drug-likeness (QED) is 0.696. The molecule has 1 spiro atoms. The van der Waals surface area contributed by atoms with Crippen LogP contribution in [0.1, 0.15) is 43.6 Å². The van der Waals surface area contributed by atoms with E-state index in [0.717, 1.165) is 11.1 Å². The molecular formula is C16H18O2. The van der Waals surface area contributed by atoms with Crippen LogP contribution in [-0.2, 0) is 10.3 Å². The maximum Gasteiger partial charge on any atom is 0.186 e. The van der Waals surface area contributed by atoms with E-state index in [1.165, 1.54) is 0 Å². The summed E-state index contributed by atoms with van der Waals surface area (Å²) in [6.07, 6.45) is 3.59. The van der Waals surface area contributed by atoms with Crippen molar-refractivity contribution in [1.29, 1.82) is 0 Å². The van der Waals surface area contributed by atoms with Crippen molar-refractivity contribution in [3.8, 4) is 0 Å². The van der Waals surface area contributed by atoms with Crippen LogP contribution in [0.5, 0.6) is 0 Å². The molecule has 1 aliphatic heterocycles. The highest BCUT2D eigenvalue weighted by atomic mass is 16.6.